The topological polar surface area (TPSA) is 24.9 Å². The number of anilines is 1. The number of rotatable bonds is 3. The number of halogens is 1. The number of benzene rings is 1. The third-order valence-corrected chi connectivity index (χ3v) is 3.99. The molecule has 0 bridgehead atoms. The van der Waals surface area contributed by atoms with Gasteiger partial charge in [0.15, 0.2) is 0 Å². The van der Waals surface area contributed by atoms with Crippen LogP contribution in [-0.4, -0.2) is 11.0 Å². The molecule has 3 heteroatoms. The lowest BCUT2D eigenvalue weighted by atomic mass is 9.75. The summed E-state index contributed by atoms with van der Waals surface area (Å²) in [6, 6.07) is 13.3. The fourth-order valence-corrected chi connectivity index (χ4v) is 2.75. The molecule has 2 aromatic rings. The fourth-order valence-electron chi connectivity index (χ4n) is 2.57. The molecular weight excluding hydrogens is 256 g/mol. The van der Waals surface area contributed by atoms with Crippen LogP contribution in [0.5, 0.6) is 0 Å². The van der Waals surface area contributed by atoms with E-state index in [9.17, 15) is 0 Å². The van der Waals surface area contributed by atoms with Crippen LogP contribution in [0.2, 0.25) is 5.15 Å². The Morgan fingerprint density at radius 1 is 1.16 bits per heavy atom. The summed E-state index contributed by atoms with van der Waals surface area (Å²) in [5.74, 6) is 0.690. The number of pyridine rings is 1. The highest BCUT2D eigenvalue weighted by molar-refractivity contribution is 6.29. The summed E-state index contributed by atoms with van der Waals surface area (Å²) in [6.07, 6.45) is 4.10. The molecule has 3 rings (SSSR count). The van der Waals surface area contributed by atoms with E-state index in [1.165, 1.54) is 24.0 Å². The summed E-state index contributed by atoms with van der Waals surface area (Å²) in [6.45, 7) is 2.13. The largest absolute Gasteiger partial charge is 0.382 e. The number of hydrogen-bond acceptors (Lipinski definition) is 2. The van der Waals surface area contributed by atoms with Crippen LogP contribution in [0.4, 0.5) is 5.69 Å². The van der Waals surface area contributed by atoms with Crippen LogP contribution in [-0.2, 0) is 0 Å². The van der Waals surface area contributed by atoms with E-state index in [0.29, 0.717) is 17.1 Å². The average molecular weight is 273 g/mol. The fraction of sp³-hybridized carbons (Fsp3) is 0.312. The van der Waals surface area contributed by atoms with E-state index in [4.69, 9.17) is 11.6 Å². The van der Waals surface area contributed by atoms with Crippen molar-refractivity contribution in [2.24, 2.45) is 0 Å². The zero-order valence-electron chi connectivity index (χ0n) is 10.9. The van der Waals surface area contributed by atoms with Gasteiger partial charge < -0.3 is 5.32 Å². The molecule has 0 aliphatic heterocycles. The lowest BCUT2D eigenvalue weighted by Crippen LogP contribution is -2.33. The van der Waals surface area contributed by atoms with Gasteiger partial charge in [0.2, 0.25) is 0 Å². The van der Waals surface area contributed by atoms with Crippen molar-refractivity contribution in [3.05, 3.63) is 58.9 Å². The van der Waals surface area contributed by atoms with Crippen LogP contribution >= 0.6 is 11.6 Å². The molecule has 1 aliphatic rings. The van der Waals surface area contributed by atoms with Gasteiger partial charge in [-0.2, -0.15) is 0 Å². The summed E-state index contributed by atoms with van der Waals surface area (Å²) in [7, 11) is 0. The molecule has 1 aliphatic carbocycles. The minimum atomic E-state index is 0.541. The predicted octanol–water partition coefficient (Wildman–Crippen LogP) is 4.40. The summed E-state index contributed by atoms with van der Waals surface area (Å²) in [5.41, 5.74) is 3.84. The molecular formula is C16H17ClN2. The van der Waals surface area contributed by atoms with Gasteiger partial charge in [0, 0.05) is 17.9 Å². The van der Waals surface area contributed by atoms with Crippen molar-refractivity contribution >= 4 is 17.3 Å². The van der Waals surface area contributed by atoms with E-state index >= 15 is 0 Å². The molecule has 1 heterocycles. The van der Waals surface area contributed by atoms with E-state index < -0.39 is 0 Å². The van der Waals surface area contributed by atoms with Gasteiger partial charge in [0.25, 0.3) is 0 Å². The molecule has 1 aromatic heterocycles. The second kappa shape index (κ2) is 5.22. The SMILES string of the molecule is Cc1ccc(C2CC(Nc3ccnc(Cl)c3)C2)cc1. The third kappa shape index (κ3) is 2.90. The second-order valence-corrected chi connectivity index (χ2v) is 5.67. The first-order chi connectivity index (χ1) is 9.20. The van der Waals surface area contributed by atoms with Gasteiger partial charge in [0.05, 0.1) is 0 Å². The van der Waals surface area contributed by atoms with Crippen LogP contribution in [0.1, 0.15) is 29.9 Å². The summed E-state index contributed by atoms with van der Waals surface area (Å²) in [5, 5.41) is 4.05. The maximum Gasteiger partial charge on any atom is 0.131 e. The Morgan fingerprint density at radius 3 is 2.58 bits per heavy atom. The first-order valence-electron chi connectivity index (χ1n) is 6.65. The van der Waals surface area contributed by atoms with Crippen molar-refractivity contribution in [3.63, 3.8) is 0 Å². The average Bonchev–Trinajstić information content (AvgIpc) is 2.35. The molecule has 2 nitrogen and oxygen atoms in total. The number of hydrogen-bond donors (Lipinski definition) is 1. The maximum atomic E-state index is 5.88. The second-order valence-electron chi connectivity index (χ2n) is 5.29. The Kier molecular flexibility index (Phi) is 3.43. The summed E-state index contributed by atoms with van der Waals surface area (Å²) < 4.78 is 0. The van der Waals surface area contributed by atoms with E-state index in [2.05, 4.69) is 41.5 Å². The first kappa shape index (κ1) is 12.5. The third-order valence-electron chi connectivity index (χ3n) is 3.78. The summed E-state index contributed by atoms with van der Waals surface area (Å²) in [4.78, 5) is 3.99. The zero-order valence-corrected chi connectivity index (χ0v) is 11.7. The van der Waals surface area contributed by atoms with Gasteiger partial charge in [-0.15, -0.1) is 0 Å². The van der Waals surface area contributed by atoms with Gasteiger partial charge in [-0.25, -0.2) is 4.98 Å². The molecule has 0 amide bonds. The smallest absolute Gasteiger partial charge is 0.131 e. The van der Waals surface area contributed by atoms with E-state index in [-0.39, 0.29) is 0 Å². The Labute approximate surface area is 118 Å². The molecule has 0 spiro atoms. The Bertz CT molecular complexity index is 559. The van der Waals surface area contributed by atoms with Crippen LogP contribution in [0.15, 0.2) is 42.6 Å². The van der Waals surface area contributed by atoms with Gasteiger partial charge in [0.1, 0.15) is 5.15 Å². The number of nitrogens with one attached hydrogen (secondary N) is 1. The molecule has 0 saturated heterocycles. The Hall–Kier alpha value is -1.54. The molecule has 0 unspecified atom stereocenters. The zero-order chi connectivity index (χ0) is 13.2. The minimum absolute atomic E-state index is 0.541. The molecule has 1 aromatic carbocycles. The number of aryl methyl sites for hydroxylation is 1. The van der Waals surface area contributed by atoms with E-state index in [1.807, 2.05) is 12.1 Å². The number of nitrogens with zero attached hydrogens (tertiary/aromatic N) is 1. The minimum Gasteiger partial charge on any atom is -0.382 e. The van der Waals surface area contributed by atoms with E-state index in [0.717, 1.165) is 5.69 Å². The molecule has 1 N–H and O–H groups in total. The Balaban J connectivity index is 1.57. The highest BCUT2D eigenvalue weighted by Crippen LogP contribution is 2.38. The van der Waals surface area contributed by atoms with Gasteiger partial charge >= 0.3 is 0 Å². The highest BCUT2D eigenvalue weighted by atomic mass is 35.5. The molecule has 0 atom stereocenters. The summed E-state index contributed by atoms with van der Waals surface area (Å²) >= 11 is 5.88. The lowest BCUT2D eigenvalue weighted by molar-refractivity contribution is 0.374. The van der Waals surface area contributed by atoms with Crippen molar-refractivity contribution in [3.8, 4) is 0 Å². The van der Waals surface area contributed by atoms with Crippen LogP contribution < -0.4 is 5.32 Å². The van der Waals surface area contributed by atoms with Crippen molar-refractivity contribution < 1.29 is 0 Å². The van der Waals surface area contributed by atoms with Crippen LogP contribution in [0.3, 0.4) is 0 Å². The monoisotopic (exact) mass is 272 g/mol. The van der Waals surface area contributed by atoms with Crippen molar-refractivity contribution in [2.75, 3.05) is 5.32 Å². The van der Waals surface area contributed by atoms with Crippen LogP contribution in [0.25, 0.3) is 0 Å². The quantitative estimate of drug-likeness (QED) is 0.838. The van der Waals surface area contributed by atoms with E-state index in [1.54, 1.807) is 6.20 Å². The van der Waals surface area contributed by atoms with Gasteiger partial charge in [-0.05, 0) is 43.4 Å². The normalized spacial score (nSPS) is 21.8. The lowest BCUT2D eigenvalue weighted by Gasteiger charge is -2.37. The maximum absolute atomic E-state index is 5.88. The van der Waals surface area contributed by atoms with Gasteiger partial charge in [-0.3, -0.25) is 0 Å². The van der Waals surface area contributed by atoms with Gasteiger partial charge in [-0.1, -0.05) is 41.4 Å². The Morgan fingerprint density at radius 2 is 1.89 bits per heavy atom. The number of aromatic nitrogens is 1. The van der Waals surface area contributed by atoms with Crippen molar-refractivity contribution in [2.45, 2.75) is 31.7 Å². The molecule has 1 saturated carbocycles. The van der Waals surface area contributed by atoms with Crippen LogP contribution in [0, 0.1) is 6.92 Å². The predicted molar refractivity (Wildman–Crippen MR) is 79.8 cm³/mol. The molecule has 98 valence electrons. The molecule has 19 heavy (non-hydrogen) atoms. The standard InChI is InChI=1S/C16H17ClN2/c1-11-2-4-12(5-3-11)13-8-15(9-13)19-14-6-7-18-16(17)10-14/h2-7,10,13,15H,8-9H2,1H3,(H,18,19). The van der Waals surface area contributed by atoms with Crippen molar-refractivity contribution in [1.82, 2.24) is 4.98 Å². The first-order valence-corrected chi connectivity index (χ1v) is 7.03. The highest BCUT2D eigenvalue weighted by Gasteiger charge is 2.30. The van der Waals surface area contributed by atoms with Crippen molar-refractivity contribution in [1.29, 1.82) is 0 Å². The molecule has 0 radical (unpaired) electrons. The molecule has 1 fully saturated rings.